The number of carbonyl (C=O) groups is 2. The molecule has 182 valence electrons. The third-order valence-corrected chi connectivity index (χ3v) is 6.14. The first-order valence-electron chi connectivity index (χ1n) is 11.6. The highest BCUT2D eigenvalue weighted by molar-refractivity contribution is 9.10. The Hall–Kier alpha value is -3.97. The number of halogens is 1. The second kappa shape index (κ2) is 12.1. The first-order valence-corrected chi connectivity index (χ1v) is 12.4. The summed E-state index contributed by atoms with van der Waals surface area (Å²) in [4.78, 5) is 24.7. The highest BCUT2D eigenvalue weighted by Crippen LogP contribution is 2.27. The van der Waals surface area contributed by atoms with Crippen LogP contribution in [-0.4, -0.2) is 18.0 Å². The first-order chi connectivity index (χ1) is 17.5. The molecule has 0 bridgehead atoms. The number of rotatable bonds is 9. The van der Waals surface area contributed by atoms with Gasteiger partial charge in [-0.3, -0.25) is 9.59 Å². The summed E-state index contributed by atoms with van der Waals surface area (Å²) in [5, 5.41) is 8.88. The lowest BCUT2D eigenvalue weighted by Crippen LogP contribution is -2.25. The Morgan fingerprint density at radius 2 is 1.67 bits per heavy atom. The van der Waals surface area contributed by atoms with E-state index in [-0.39, 0.29) is 6.42 Å². The maximum Gasteiger partial charge on any atom is 0.249 e. The molecule has 0 aliphatic carbocycles. The Kier molecular flexibility index (Phi) is 8.47. The van der Waals surface area contributed by atoms with Gasteiger partial charge in [0.1, 0.15) is 18.8 Å². The van der Waals surface area contributed by atoms with Crippen LogP contribution in [0.3, 0.4) is 0 Å². The van der Waals surface area contributed by atoms with Crippen LogP contribution >= 0.6 is 15.9 Å². The third-order valence-electron chi connectivity index (χ3n) is 5.61. The van der Waals surface area contributed by atoms with Gasteiger partial charge in [0.2, 0.25) is 11.8 Å². The maximum atomic E-state index is 12.4. The van der Waals surface area contributed by atoms with Gasteiger partial charge in [-0.15, -0.1) is 0 Å². The molecule has 36 heavy (non-hydrogen) atoms. The van der Waals surface area contributed by atoms with Gasteiger partial charge in [-0.05, 0) is 52.6 Å². The molecule has 0 aliphatic heterocycles. The minimum atomic E-state index is -0.504. The Labute approximate surface area is 218 Å². The van der Waals surface area contributed by atoms with Crippen LogP contribution < -0.4 is 15.5 Å². The van der Waals surface area contributed by atoms with Crippen molar-refractivity contribution < 1.29 is 14.3 Å². The largest absolute Gasteiger partial charge is 0.488 e. The lowest BCUT2D eigenvalue weighted by atomic mass is 10.0. The number of aryl methyl sites for hydroxylation is 1. The second-order valence-corrected chi connectivity index (χ2v) is 9.06. The van der Waals surface area contributed by atoms with E-state index in [0.717, 1.165) is 38.4 Å². The Balaban J connectivity index is 1.44. The molecular weight excluding hydrogens is 518 g/mol. The average molecular weight is 544 g/mol. The molecule has 0 heterocycles. The number of para-hydroxylation sites is 1. The van der Waals surface area contributed by atoms with Crippen molar-refractivity contribution in [3.63, 3.8) is 0 Å². The number of hydrogen-bond acceptors (Lipinski definition) is 4. The zero-order valence-corrected chi connectivity index (χ0v) is 21.4. The molecule has 4 rings (SSSR count). The van der Waals surface area contributed by atoms with Crippen molar-refractivity contribution in [2.75, 3.05) is 5.32 Å². The molecular formula is C29H26BrN3O3. The van der Waals surface area contributed by atoms with E-state index in [1.807, 2.05) is 91.9 Å². The van der Waals surface area contributed by atoms with E-state index in [2.05, 4.69) is 31.8 Å². The number of hydrazone groups is 1. The molecule has 4 aromatic carbocycles. The van der Waals surface area contributed by atoms with E-state index >= 15 is 0 Å². The molecule has 6 nitrogen and oxygen atoms in total. The molecule has 0 aromatic heterocycles. The van der Waals surface area contributed by atoms with Crippen molar-refractivity contribution in [2.24, 2.45) is 5.10 Å². The number of nitrogens with one attached hydrogen (secondary N) is 2. The summed E-state index contributed by atoms with van der Waals surface area (Å²) in [6.07, 6.45) is 2.00. The zero-order valence-electron chi connectivity index (χ0n) is 19.8. The van der Waals surface area contributed by atoms with Crippen molar-refractivity contribution in [1.82, 2.24) is 5.43 Å². The molecule has 0 atom stereocenters. The summed E-state index contributed by atoms with van der Waals surface area (Å²) < 4.78 is 7.10. The van der Waals surface area contributed by atoms with Crippen molar-refractivity contribution in [3.8, 4) is 5.75 Å². The van der Waals surface area contributed by atoms with E-state index in [1.165, 1.54) is 0 Å². The molecule has 0 spiro atoms. The fourth-order valence-corrected chi connectivity index (χ4v) is 4.04. The molecule has 0 fully saturated rings. The number of carbonyl (C=O) groups excluding carboxylic acids is 2. The lowest BCUT2D eigenvalue weighted by Gasteiger charge is -2.12. The predicted molar refractivity (Wildman–Crippen MR) is 147 cm³/mol. The van der Waals surface area contributed by atoms with Gasteiger partial charge in [0, 0.05) is 15.7 Å². The Morgan fingerprint density at radius 3 is 2.47 bits per heavy atom. The van der Waals surface area contributed by atoms with Crippen LogP contribution in [0.25, 0.3) is 10.8 Å². The van der Waals surface area contributed by atoms with Crippen LogP contribution in [0.5, 0.6) is 5.75 Å². The minimum absolute atomic E-state index is 0.335. The number of ether oxygens (including phenoxy) is 1. The highest BCUT2D eigenvalue weighted by Gasteiger charge is 2.12. The molecule has 2 amide bonds. The van der Waals surface area contributed by atoms with Crippen LogP contribution in [0.1, 0.15) is 30.0 Å². The average Bonchev–Trinajstić information content (AvgIpc) is 2.89. The number of benzene rings is 4. The molecule has 0 radical (unpaired) electrons. The van der Waals surface area contributed by atoms with Crippen LogP contribution in [-0.2, 0) is 22.6 Å². The lowest BCUT2D eigenvalue weighted by molar-refractivity contribution is -0.126. The summed E-state index contributed by atoms with van der Waals surface area (Å²) in [6, 6.07) is 27.2. The number of nitrogens with zero attached hydrogens (tertiary/aromatic N) is 1. The quantitative estimate of drug-likeness (QED) is 0.149. The third kappa shape index (κ3) is 6.58. The van der Waals surface area contributed by atoms with Gasteiger partial charge in [0.05, 0.1) is 6.21 Å². The highest BCUT2D eigenvalue weighted by atomic mass is 79.9. The summed E-state index contributed by atoms with van der Waals surface area (Å²) in [7, 11) is 0. The summed E-state index contributed by atoms with van der Waals surface area (Å²) in [5.74, 6) is -0.258. The SMILES string of the molecule is CCc1ccccc1NC(=O)CC(=O)NN=Cc1c(OCc2ccc(Br)cc2)ccc2ccccc12. The Morgan fingerprint density at radius 1 is 0.917 bits per heavy atom. The van der Waals surface area contributed by atoms with Crippen molar-refractivity contribution in [2.45, 2.75) is 26.4 Å². The fraction of sp³-hybridized carbons (Fsp3) is 0.138. The smallest absolute Gasteiger partial charge is 0.249 e. The number of fused-ring (bicyclic) bond motifs is 1. The van der Waals surface area contributed by atoms with Gasteiger partial charge in [0.25, 0.3) is 0 Å². The summed E-state index contributed by atoms with van der Waals surface area (Å²) in [6.45, 7) is 2.40. The minimum Gasteiger partial charge on any atom is -0.488 e. The number of hydrogen-bond donors (Lipinski definition) is 2. The normalized spacial score (nSPS) is 10.9. The predicted octanol–water partition coefficient (Wildman–Crippen LogP) is 6.22. The standard InChI is InChI=1S/C29H26BrN3O3/c1-2-21-7-4-6-10-26(21)32-28(34)17-29(35)33-31-18-25-24-9-5-3-8-22(24)13-16-27(25)36-19-20-11-14-23(30)15-12-20/h3-16,18H,2,17,19H2,1H3,(H,32,34)(H,33,35). The van der Waals surface area contributed by atoms with E-state index in [9.17, 15) is 9.59 Å². The number of amides is 2. The van der Waals surface area contributed by atoms with Gasteiger partial charge in [-0.1, -0.05) is 83.5 Å². The van der Waals surface area contributed by atoms with Gasteiger partial charge in [0.15, 0.2) is 0 Å². The van der Waals surface area contributed by atoms with Crippen LogP contribution in [0.2, 0.25) is 0 Å². The van der Waals surface area contributed by atoms with Crippen LogP contribution in [0, 0.1) is 0 Å². The van der Waals surface area contributed by atoms with E-state index in [1.54, 1.807) is 6.21 Å². The van der Waals surface area contributed by atoms with Crippen molar-refractivity contribution in [1.29, 1.82) is 0 Å². The van der Waals surface area contributed by atoms with Crippen LogP contribution in [0.15, 0.2) is 94.5 Å². The molecule has 2 N–H and O–H groups in total. The topological polar surface area (TPSA) is 79.8 Å². The maximum absolute atomic E-state index is 12.4. The van der Waals surface area contributed by atoms with Crippen molar-refractivity contribution in [3.05, 3.63) is 106 Å². The molecule has 0 saturated carbocycles. The molecule has 0 unspecified atom stereocenters. The molecule has 4 aromatic rings. The van der Waals surface area contributed by atoms with Crippen molar-refractivity contribution >= 4 is 50.4 Å². The zero-order chi connectivity index (χ0) is 25.3. The van der Waals surface area contributed by atoms with E-state index in [4.69, 9.17) is 4.74 Å². The summed E-state index contributed by atoms with van der Waals surface area (Å²) >= 11 is 3.44. The number of anilines is 1. The van der Waals surface area contributed by atoms with Crippen LogP contribution in [0.4, 0.5) is 5.69 Å². The summed E-state index contributed by atoms with van der Waals surface area (Å²) in [5.41, 5.74) is 5.95. The first kappa shape index (κ1) is 25.1. The van der Waals surface area contributed by atoms with E-state index in [0.29, 0.717) is 18.0 Å². The molecule has 0 saturated heterocycles. The molecule has 0 aliphatic rings. The Bertz CT molecular complexity index is 1400. The van der Waals surface area contributed by atoms with E-state index < -0.39 is 11.8 Å². The van der Waals surface area contributed by atoms with Gasteiger partial charge < -0.3 is 10.1 Å². The monoisotopic (exact) mass is 543 g/mol. The van der Waals surface area contributed by atoms with Gasteiger partial charge in [-0.2, -0.15) is 5.10 Å². The molecule has 7 heteroatoms. The van der Waals surface area contributed by atoms with Gasteiger partial charge >= 0.3 is 0 Å². The fourth-order valence-electron chi connectivity index (χ4n) is 3.78. The second-order valence-electron chi connectivity index (χ2n) is 8.14. The van der Waals surface area contributed by atoms with Gasteiger partial charge in [-0.25, -0.2) is 5.43 Å².